The van der Waals surface area contributed by atoms with Crippen molar-refractivity contribution in [2.45, 2.75) is 19.4 Å². The van der Waals surface area contributed by atoms with Gasteiger partial charge >= 0.3 is 0 Å². The maximum atomic E-state index is 12.3. The summed E-state index contributed by atoms with van der Waals surface area (Å²) in [6, 6.07) is 11.4. The highest BCUT2D eigenvalue weighted by molar-refractivity contribution is 5.76. The Morgan fingerprint density at radius 2 is 1.70 bits per heavy atom. The minimum Gasteiger partial charge on any atom is -0.506 e. The first-order chi connectivity index (χ1) is 11.2. The number of carbonyl (C=O) groups is 1. The molecule has 0 aliphatic carbocycles. The predicted molar refractivity (Wildman–Crippen MR) is 90.6 cm³/mol. The van der Waals surface area contributed by atoms with Gasteiger partial charge in [-0.1, -0.05) is 12.1 Å². The molecule has 1 fully saturated rings. The lowest BCUT2D eigenvalue weighted by molar-refractivity contribution is -0.131. The average Bonchev–Trinajstić information content (AvgIpc) is 3.09. The maximum absolute atomic E-state index is 12.3. The van der Waals surface area contributed by atoms with Crippen molar-refractivity contribution in [2.75, 3.05) is 31.1 Å². The lowest BCUT2D eigenvalue weighted by Crippen LogP contribution is -2.48. The van der Waals surface area contributed by atoms with Crippen LogP contribution in [0.4, 0.5) is 5.69 Å². The van der Waals surface area contributed by atoms with E-state index in [0.29, 0.717) is 12.2 Å². The van der Waals surface area contributed by atoms with E-state index in [-0.39, 0.29) is 5.91 Å². The predicted octanol–water partition coefficient (Wildman–Crippen LogP) is 2.32. The highest BCUT2D eigenvalue weighted by atomic mass is 16.3. The third-order valence-electron chi connectivity index (χ3n) is 4.33. The number of phenols is 1. The van der Waals surface area contributed by atoms with E-state index in [1.807, 2.05) is 47.6 Å². The van der Waals surface area contributed by atoms with Crippen molar-refractivity contribution >= 4 is 11.6 Å². The zero-order valence-electron chi connectivity index (χ0n) is 13.3. The van der Waals surface area contributed by atoms with Crippen molar-refractivity contribution < 1.29 is 9.90 Å². The fraction of sp³-hybridized carbons (Fsp3) is 0.389. The second kappa shape index (κ2) is 7.22. The normalized spacial score (nSPS) is 15.0. The van der Waals surface area contributed by atoms with Crippen molar-refractivity contribution in [1.82, 2.24) is 9.47 Å². The van der Waals surface area contributed by atoms with E-state index in [9.17, 15) is 9.90 Å². The number of piperazine rings is 1. The van der Waals surface area contributed by atoms with Gasteiger partial charge in [0.25, 0.3) is 0 Å². The molecule has 5 nitrogen and oxygen atoms in total. The minimum absolute atomic E-state index is 0.231. The molecule has 2 heterocycles. The molecule has 5 heteroatoms. The molecule has 0 saturated carbocycles. The number of phenolic OH excluding ortho intramolecular Hbond substituents is 1. The van der Waals surface area contributed by atoms with Crippen LogP contribution >= 0.6 is 0 Å². The molecule has 1 aromatic carbocycles. The van der Waals surface area contributed by atoms with E-state index in [2.05, 4.69) is 9.47 Å². The van der Waals surface area contributed by atoms with Crippen molar-refractivity contribution in [3.05, 3.63) is 48.8 Å². The van der Waals surface area contributed by atoms with Crippen molar-refractivity contribution in [1.29, 1.82) is 0 Å². The van der Waals surface area contributed by atoms with E-state index in [1.54, 1.807) is 6.07 Å². The Labute approximate surface area is 136 Å². The number of aryl methyl sites for hydroxylation is 1. The summed E-state index contributed by atoms with van der Waals surface area (Å²) in [4.78, 5) is 16.4. The molecule has 1 aromatic heterocycles. The smallest absolute Gasteiger partial charge is 0.222 e. The Hall–Kier alpha value is -2.43. The van der Waals surface area contributed by atoms with Crippen molar-refractivity contribution in [3.63, 3.8) is 0 Å². The lowest BCUT2D eigenvalue weighted by Gasteiger charge is -2.36. The number of benzene rings is 1. The Morgan fingerprint density at radius 1 is 1.00 bits per heavy atom. The number of hydrogen-bond acceptors (Lipinski definition) is 3. The van der Waals surface area contributed by atoms with Crippen molar-refractivity contribution in [2.24, 2.45) is 0 Å². The summed E-state index contributed by atoms with van der Waals surface area (Å²) in [6.45, 7) is 3.85. The van der Waals surface area contributed by atoms with Gasteiger partial charge in [-0.3, -0.25) is 4.79 Å². The molecule has 1 amide bonds. The summed E-state index contributed by atoms with van der Waals surface area (Å²) in [7, 11) is 0. The van der Waals surface area contributed by atoms with E-state index in [1.165, 1.54) is 0 Å². The van der Waals surface area contributed by atoms with E-state index in [0.717, 1.165) is 44.8 Å². The first kappa shape index (κ1) is 15.5. The van der Waals surface area contributed by atoms with Gasteiger partial charge in [0.2, 0.25) is 5.91 Å². The fourth-order valence-electron chi connectivity index (χ4n) is 3.02. The molecule has 1 N–H and O–H groups in total. The third-order valence-corrected chi connectivity index (χ3v) is 4.33. The van der Waals surface area contributed by atoms with Gasteiger partial charge in [0.1, 0.15) is 5.75 Å². The zero-order valence-corrected chi connectivity index (χ0v) is 13.3. The van der Waals surface area contributed by atoms with Gasteiger partial charge in [-0.25, -0.2) is 0 Å². The van der Waals surface area contributed by atoms with E-state index < -0.39 is 0 Å². The molecule has 1 aliphatic heterocycles. The summed E-state index contributed by atoms with van der Waals surface area (Å²) >= 11 is 0. The SMILES string of the molecule is O=C(CCCn1cccc1)N1CCN(c2ccccc2O)CC1. The van der Waals surface area contributed by atoms with Crippen molar-refractivity contribution in [3.8, 4) is 5.75 Å². The van der Waals surface area contributed by atoms with Gasteiger partial charge in [-0.05, 0) is 30.7 Å². The molecule has 0 spiro atoms. The number of aromatic nitrogens is 1. The molecule has 23 heavy (non-hydrogen) atoms. The zero-order chi connectivity index (χ0) is 16.1. The number of anilines is 1. The number of amides is 1. The molecule has 122 valence electrons. The summed E-state index contributed by atoms with van der Waals surface area (Å²) in [5.41, 5.74) is 0.854. The van der Waals surface area contributed by atoms with Crippen LogP contribution in [-0.2, 0) is 11.3 Å². The quantitative estimate of drug-likeness (QED) is 0.921. The molecular formula is C18H23N3O2. The molecular weight excluding hydrogens is 290 g/mol. The number of hydrogen-bond donors (Lipinski definition) is 1. The molecule has 0 unspecified atom stereocenters. The summed E-state index contributed by atoms with van der Waals surface area (Å²) < 4.78 is 2.10. The molecule has 2 aromatic rings. The Balaban J connectivity index is 1.45. The first-order valence-electron chi connectivity index (χ1n) is 8.15. The molecule has 0 radical (unpaired) electrons. The first-order valence-corrected chi connectivity index (χ1v) is 8.15. The number of rotatable bonds is 5. The lowest BCUT2D eigenvalue weighted by atomic mass is 10.2. The number of para-hydroxylation sites is 2. The Kier molecular flexibility index (Phi) is 4.86. The number of carbonyl (C=O) groups excluding carboxylic acids is 1. The standard InChI is InChI=1S/C18H23N3O2/c22-17-7-2-1-6-16(17)20-12-14-21(15-13-20)18(23)8-5-11-19-9-3-4-10-19/h1-4,6-7,9-10,22H,5,8,11-15H2. The van der Waals surface area contributed by atoms with Gasteiger partial charge in [0.05, 0.1) is 5.69 Å². The van der Waals surface area contributed by atoms with Gasteiger partial charge in [-0.2, -0.15) is 0 Å². The van der Waals surface area contributed by atoms with E-state index >= 15 is 0 Å². The van der Waals surface area contributed by atoms with Crippen LogP contribution in [0.25, 0.3) is 0 Å². The summed E-state index contributed by atoms with van der Waals surface area (Å²) in [6.07, 6.45) is 5.51. The molecule has 1 aliphatic rings. The van der Waals surface area contributed by atoms with Crippen LogP contribution in [0, 0.1) is 0 Å². The number of nitrogens with zero attached hydrogens (tertiary/aromatic N) is 3. The molecule has 0 atom stereocenters. The van der Waals surface area contributed by atoms with Crippen LogP contribution in [0.3, 0.4) is 0 Å². The van der Waals surface area contributed by atoms with Crippen LogP contribution in [0.5, 0.6) is 5.75 Å². The van der Waals surface area contributed by atoms with Gasteiger partial charge in [-0.15, -0.1) is 0 Å². The van der Waals surface area contributed by atoms with Crippen LogP contribution in [0.2, 0.25) is 0 Å². The Morgan fingerprint density at radius 3 is 2.39 bits per heavy atom. The fourth-order valence-corrected chi connectivity index (χ4v) is 3.02. The second-order valence-electron chi connectivity index (χ2n) is 5.88. The van der Waals surface area contributed by atoms with E-state index in [4.69, 9.17) is 0 Å². The van der Waals surface area contributed by atoms with Crippen LogP contribution in [0.1, 0.15) is 12.8 Å². The highest BCUT2D eigenvalue weighted by Crippen LogP contribution is 2.27. The third kappa shape index (κ3) is 3.86. The van der Waals surface area contributed by atoms with Crippen LogP contribution in [-0.4, -0.2) is 46.7 Å². The average molecular weight is 313 g/mol. The Bertz CT molecular complexity index is 631. The highest BCUT2D eigenvalue weighted by Gasteiger charge is 2.22. The molecule has 0 bridgehead atoms. The van der Waals surface area contributed by atoms with Crippen LogP contribution in [0.15, 0.2) is 48.8 Å². The molecule has 1 saturated heterocycles. The second-order valence-corrected chi connectivity index (χ2v) is 5.88. The maximum Gasteiger partial charge on any atom is 0.222 e. The largest absolute Gasteiger partial charge is 0.506 e. The van der Waals surface area contributed by atoms with Gasteiger partial charge < -0.3 is 19.5 Å². The summed E-state index contributed by atoms with van der Waals surface area (Å²) in [5.74, 6) is 0.535. The molecule has 3 rings (SSSR count). The van der Waals surface area contributed by atoms with Gasteiger partial charge in [0.15, 0.2) is 0 Å². The number of aromatic hydroxyl groups is 1. The minimum atomic E-state index is 0.231. The van der Waals surface area contributed by atoms with Gasteiger partial charge in [0, 0.05) is 51.5 Å². The summed E-state index contributed by atoms with van der Waals surface area (Å²) in [5, 5.41) is 9.92. The topological polar surface area (TPSA) is 48.7 Å². The monoisotopic (exact) mass is 313 g/mol. The van der Waals surface area contributed by atoms with Crippen LogP contribution < -0.4 is 4.90 Å².